The van der Waals surface area contributed by atoms with Crippen LogP contribution >= 0.6 is 0 Å². The summed E-state index contributed by atoms with van der Waals surface area (Å²) in [6, 6.07) is 18.4. The Morgan fingerprint density at radius 3 is 2.70 bits per heavy atom. The Morgan fingerprint density at radius 2 is 1.85 bits per heavy atom. The number of hydrogen-bond donors (Lipinski definition) is 1. The lowest BCUT2D eigenvalue weighted by Crippen LogP contribution is -2.37. The van der Waals surface area contributed by atoms with Gasteiger partial charge in [0, 0.05) is 37.6 Å². The predicted molar refractivity (Wildman–Crippen MR) is 102 cm³/mol. The summed E-state index contributed by atoms with van der Waals surface area (Å²) in [5, 5.41) is 4.60. The molecule has 5 rings (SSSR count). The lowest BCUT2D eigenvalue weighted by atomic mass is 9.99. The van der Waals surface area contributed by atoms with Gasteiger partial charge in [-0.1, -0.05) is 24.3 Å². The minimum Gasteiger partial charge on any atom is -0.348 e. The molecule has 1 N–H and O–H groups in total. The van der Waals surface area contributed by atoms with E-state index in [1.54, 1.807) is 6.33 Å². The number of nitrogens with zero attached hydrogens (tertiary/aromatic N) is 5. The van der Waals surface area contributed by atoms with Gasteiger partial charge in [0.15, 0.2) is 0 Å². The third-order valence-electron chi connectivity index (χ3n) is 5.07. The van der Waals surface area contributed by atoms with E-state index >= 15 is 0 Å². The van der Waals surface area contributed by atoms with Gasteiger partial charge in [0.2, 0.25) is 0 Å². The Bertz CT molecular complexity index is 1020. The zero-order chi connectivity index (χ0) is 18.1. The van der Waals surface area contributed by atoms with Gasteiger partial charge in [-0.05, 0) is 30.3 Å². The van der Waals surface area contributed by atoms with Crippen molar-refractivity contribution in [3.05, 3.63) is 96.1 Å². The molecular formula is C21H20N6. The van der Waals surface area contributed by atoms with E-state index in [1.807, 2.05) is 47.4 Å². The van der Waals surface area contributed by atoms with Crippen LogP contribution in [-0.4, -0.2) is 36.2 Å². The van der Waals surface area contributed by atoms with E-state index in [-0.39, 0.29) is 6.04 Å². The number of imidazole rings is 1. The van der Waals surface area contributed by atoms with E-state index in [4.69, 9.17) is 0 Å². The summed E-state index contributed by atoms with van der Waals surface area (Å²) in [6.45, 7) is 1.72. The van der Waals surface area contributed by atoms with Gasteiger partial charge < -0.3 is 4.98 Å². The molecule has 4 aromatic rings. The van der Waals surface area contributed by atoms with Gasteiger partial charge in [-0.2, -0.15) is 5.10 Å². The maximum absolute atomic E-state index is 4.66. The number of pyridine rings is 1. The molecule has 0 radical (unpaired) electrons. The number of hydrogen-bond acceptors (Lipinski definition) is 4. The number of benzene rings is 1. The number of aromatic nitrogens is 5. The normalized spacial score (nSPS) is 17.0. The lowest BCUT2D eigenvalue weighted by molar-refractivity contribution is 0.192. The van der Waals surface area contributed by atoms with Crippen molar-refractivity contribution in [2.24, 2.45) is 0 Å². The molecular weight excluding hydrogens is 336 g/mol. The molecule has 0 saturated carbocycles. The lowest BCUT2D eigenvalue weighted by Gasteiger charge is -2.34. The van der Waals surface area contributed by atoms with Crippen LogP contribution in [0.15, 0.2) is 73.3 Å². The van der Waals surface area contributed by atoms with Crippen LogP contribution in [-0.2, 0) is 13.0 Å². The molecule has 6 nitrogen and oxygen atoms in total. The average molecular weight is 356 g/mol. The largest absolute Gasteiger partial charge is 0.348 e. The standard InChI is InChI=1S/C21H20N6/c1-2-7-17(8-3-1)27-19(9-12-25-27)21-20-18(23-15-24-20)10-13-26(21)14-16-6-4-5-11-22-16/h1-9,11-12,15,21H,10,13-14H2,(H,23,24). The third kappa shape index (κ3) is 2.94. The molecule has 0 aliphatic carbocycles. The van der Waals surface area contributed by atoms with Crippen molar-refractivity contribution < 1.29 is 0 Å². The van der Waals surface area contributed by atoms with Gasteiger partial charge in [-0.15, -0.1) is 0 Å². The van der Waals surface area contributed by atoms with Gasteiger partial charge in [0.25, 0.3) is 0 Å². The van der Waals surface area contributed by atoms with Gasteiger partial charge in [0.05, 0.1) is 35.1 Å². The van der Waals surface area contributed by atoms with E-state index < -0.39 is 0 Å². The number of fused-ring (bicyclic) bond motifs is 1. The number of H-pyrrole nitrogens is 1. The molecule has 1 atom stereocenters. The molecule has 0 fully saturated rings. The minimum absolute atomic E-state index is 0.0321. The van der Waals surface area contributed by atoms with E-state index in [0.29, 0.717) is 0 Å². The van der Waals surface area contributed by atoms with Crippen molar-refractivity contribution in [2.45, 2.75) is 19.0 Å². The molecule has 134 valence electrons. The molecule has 0 bridgehead atoms. The predicted octanol–water partition coefficient (Wildman–Crippen LogP) is 3.14. The molecule has 0 saturated heterocycles. The van der Waals surface area contributed by atoms with Crippen LogP contribution in [0.4, 0.5) is 0 Å². The quantitative estimate of drug-likeness (QED) is 0.610. The highest BCUT2D eigenvalue weighted by atomic mass is 15.3. The highest BCUT2D eigenvalue weighted by molar-refractivity contribution is 5.37. The van der Waals surface area contributed by atoms with Gasteiger partial charge >= 0.3 is 0 Å². The number of para-hydroxylation sites is 1. The van der Waals surface area contributed by atoms with Crippen LogP contribution in [0, 0.1) is 0 Å². The first-order valence-corrected chi connectivity index (χ1v) is 9.15. The second kappa shape index (κ2) is 6.81. The van der Waals surface area contributed by atoms with Crippen LogP contribution < -0.4 is 0 Å². The van der Waals surface area contributed by atoms with Crippen LogP contribution in [0.3, 0.4) is 0 Å². The molecule has 1 aliphatic heterocycles. The summed E-state index contributed by atoms with van der Waals surface area (Å²) in [5.41, 5.74) is 5.52. The smallest absolute Gasteiger partial charge is 0.0973 e. The van der Waals surface area contributed by atoms with Crippen molar-refractivity contribution >= 4 is 0 Å². The zero-order valence-corrected chi connectivity index (χ0v) is 14.9. The van der Waals surface area contributed by atoms with Crippen molar-refractivity contribution in [3.8, 4) is 5.69 Å². The molecule has 1 unspecified atom stereocenters. The van der Waals surface area contributed by atoms with Gasteiger partial charge in [-0.3, -0.25) is 9.88 Å². The maximum Gasteiger partial charge on any atom is 0.0973 e. The zero-order valence-electron chi connectivity index (χ0n) is 14.9. The summed E-state index contributed by atoms with van der Waals surface area (Å²) in [6.07, 6.45) is 6.47. The molecule has 1 aromatic carbocycles. The van der Waals surface area contributed by atoms with Crippen LogP contribution in [0.25, 0.3) is 5.69 Å². The second-order valence-electron chi connectivity index (χ2n) is 6.71. The van der Waals surface area contributed by atoms with Crippen LogP contribution in [0.2, 0.25) is 0 Å². The SMILES string of the molecule is c1ccc(-n2nccc2C2c3nc[nH]c3CCN2Cc2ccccn2)cc1. The fourth-order valence-corrected chi connectivity index (χ4v) is 3.83. The Morgan fingerprint density at radius 1 is 0.963 bits per heavy atom. The van der Waals surface area contributed by atoms with Gasteiger partial charge in [-0.25, -0.2) is 9.67 Å². The Kier molecular flexibility index (Phi) is 4.03. The Balaban J connectivity index is 1.58. The summed E-state index contributed by atoms with van der Waals surface area (Å²) < 4.78 is 2.01. The van der Waals surface area contributed by atoms with E-state index in [9.17, 15) is 0 Å². The summed E-state index contributed by atoms with van der Waals surface area (Å²) in [7, 11) is 0. The van der Waals surface area contributed by atoms with E-state index in [0.717, 1.165) is 42.3 Å². The fraction of sp³-hybridized carbons (Fsp3) is 0.190. The molecule has 3 aromatic heterocycles. The summed E-state index contributed by atoms with van der Waals surface area (Å²) in [4.78, 5) is 14.9. The van der Waals surface area contributed by atoms with Crippen molar-refractivity contribution in [1.29, 1.82) is 0 Å². The van der Waals surface area contributed by atoms with Crippen molar-refractivity contribution in [3.63, 3.8) is 0 Å². The van der Waals surface area contributed by atoms with Crippen LogP contribution in [0.1, 0.15) is 28.8 Å². The first kappa shape index (κ1) is 16.0. The average Bonchev–Trinajstić information content (AvgIpc) is 3.39. The maximum atomic E-state index is 4.66. The van der Waals surface area contributed by atoms with E-state index in [1.165, 1.54) is 5.69 Å². The summed E-state index contributed by atoms with van der Waals surface area (Å²) in [5.74, 6) is 0. The van der Waals surface area contributed by atoms with Gasteiger partial charge in [0.1, 0.15) is 0 Å². The summed E-state index contributed by atoms with van der Waals surface area (Å²) >= 11 is 0. The van der Waals surface area contributed by atoms with Crippen molar-refractivity contribution in [2.75, 3.05) is 6.54 Å². The fourth-order valence-electron chi connectivity index (χ4n) is 3.83. The highest BCUT2D eigenvalue weighted by Gasteiger charge is 2.33. The first-order chi connectivity index (χ1) is 13.4. The molecule has 0 amide bonds. The topological polar surface area (TPSA) is 62.6 Å². The molecule has 6 heteroatoms. The Hall–Kier alpha value is -3.25. The number of aromatic amines is 1. The highest BCUT2D eigenvalue weighted by Crippen LogP contribution is 2.34. The molecule has 1 aliphatic rings. The molecule has 27 heavy (non-hydrogen) atoms. The van der Waals surface area contributed by atoms with Crippen LogP contribution in [0.5, 0.6) is 0 Å². The monoisotopic (exact) mass is 356 g/mol. The second-order valence-corrected chi connectivity index (χ2v) is 6.71. The van der Waals surface area contributed by atoms with Crippen molar-refractivity contribution in [1.82, 2.24) is 29.6 Å². The number of nitrogens with one attached hydrogen (secondary N) is 1. The molecule has 4 heterocycles. The number of rotatable bonds is 4. The Labute approximate surface area is 157 Å². The minimum atomic E-state index is 0.0321. The third-order valence-corrected chi connectivity index (χ3v) is 5.07. The molecule has 0 spiro atoms. The van der Waals surface area contributed by atoms with E-state index in [2.05, 4.69) is 49.2 Å². The first-order valence-electron chi connectivity index (χ1n) is 9.15.